The number of morpholine rings is 1. The first-order valence-corrected chi connectivity index (χ1v) is 5.88. The van der Waals surface area contributed by atoms with Gasteiger partial charge < -0.3 is 14.7 Å². The molecule has 1 fully saturated rings. The number of carboxylic acid groups (broad SMARTS) is 1. The topological polar surface area (TPSA) is 66.8 Å². The summed E-state index contributed by atoms with van der Waals surface area (Å²) >= 11 is 0. The van der Waals surface area contributed by atoms with Gasteiger partial charge in [0, 0.05) is 12.1 Å². The van der Waals surface area contributed by atoms with Crippen LogP contribution in [0.4, 0.5) is 4.39 Å². The third-order valence-corrected chi connectivity index (χ3v) is 3.09. The molecule has 1 aromatic rings. The molecule has 0 bridgehead atoms. The summed E-state index contributed by atoms with van der Waals surface area (Å²) in [6.45, 7) is 2.02. The quantitative estimate of drug-likeness (QED) is 0.870. The fourth-order valence-electron chi connectivity index (χ4n) is 1.94. The van der Waals surface area contributed by atoms with Crippen molar-refractivity contribution < 1.29 is 23.8 Å². The third kappa shape index (κ3) is 2.73. The van der Waals surface area contributed by atoms with Crippen LogP contribution in [0.5, 0.6) is 0 Å². The molecule has 1 aliphatic heterocycles. The van der Waals surface area contributed by atoms with Crippen molar-refractivity contribution in [2.24, 2.45) is 0 Å². The summed E-state index contributed by atoms with van der Waals surface area (Å²) < 4.78 is 18.5. The Morgan fingerprint density at radius 3 is 2.84 bits per heavy atom. The van der Waals surface area contributed by atoms with Crippen molar-refractivity contribution in [2.45, 2.75) is 13.0 Å². The predicted octanol–water partition coefficient (Wildman–Crippen LogP) is 1.06. The van der Waals surface area contributed by atoms with Gasteiger partial charge in [-0.05, 0) is 24.6 Å². The zero-order valence-corrected chi connectivity index (χ0v) is 10.4. The first-order valence-electron chi connectivity index (χ1n) is 5.88. The largest absolute Gasteiger partial charge is 0.480 e. The van der Waals surface area contributed by atoms with Gasteiger partial charge in [-0.1, -0.05) is 6.07 Å². The number of rotatable bonds is 2. The number of nitrogens with zero attached hydrogens (tertiary/aromatic N) is 1. The molecular formula is C13H14FNO4. The highest BCUT2D eigenvalue weighted by molar-refractivity contribution is 5.96. The van der Waals surface area contributed by atoms with Crippen molar-refractivity contribution in [1.29, 1.82) is 0 Å². The van der Waals surface area contributed by atoms with E-state index in [4.69, 9.17) is 9.84 Å². The molecule has 0 saturated carbocycles. The lowest BCUT2D eigenvalue weighted by Crippen LogP contribution is -2.52. The standard InChI is InChI=1S/C13H14FNO4/c1-8-2-3-9(6-10(8)14)12(16)15-4-5-19-7-11(15)13(17)18/h2-3,6,11H,4-5,7H2,1H3,(H,17,18). The highest BCUT2D eigenvalue weighted by Crippen LogP contribution is 2.15. The maximum Gasteiger partial charge on any atom is 0.328 e. The van der Waals surface area contributed by atoms with Crippen LogP contribution in [0, 0.1) is 12.7 Å². The van der Waals surface area contributed by atoms with E-state index in [1.807, 2.05) is 0 Å². The van der Waals surface area contributed by atoms with Gasteiger partial charge in [-0.25, -0.2) is 9.18 Å². The molecular weight excluding hydrogens is 253 g/mol. The summed E-state index contributed by atoms with van der Waals surface area (Å²) in [5.74, 6) is -2.10. The van der Waals surface area contributed by atoms with Crippen molar-refractivity contribution in [1.82, 2.24) is 4.90 Å². The molecule has 1 aromatic carbocycles. The van der Waals surface area contributed by atoms with Crippen molar-refractivity contribution in [3.63, 3.8) is 0 Å². The summed E-state index contributed by atoms with van der Waals surface area (Å²) in [4.78, 5) is 24.5. The van der Waals surface area contributed by atoms with Gasteiger partial charge in [0.25, 0.3) is 5.91 Å². The smallest absolute Gasteiger partial charge is 0.328 e. The van der Waals surface area contributed by atoms with E-state index < -0.39 is 23.7 Å². The molecule has 1 heterocycles. The molecule has 2 rings (SSSR count). The minimum Gasteiger partial charge on any atom is -0.480 e. The SMILES string of the molecule is Cc1ccc(C(=O)N2CCOCC2C(=O)O)cc1F. The number of amides is 1. The fraction of sp³-hybridized carbons (Fsp3) is 0.385. The number of halogens is 1. The lowest BCUT2D eigenvalue weighted by molar-refractivity contribution is -0.147. The van der Waals surface area contributed by atoms with Crippen LogP contribution in [0.2, 0.25) is 0 Å². The summed E-state index contributed by atoms with van der Waals surface area (Å²) in [7, 11) is 0. The lowest BCUT2D eigenvalue weighted by atomic mass is 10.1. The van der Waals surface area contributed by atoms with Crippen LogP contribution >= 0.6 is 0 Å². The molecule has 6 heteroatoms. The van der Waals surface area contributed by atoms with E-state index in [-0.39, 0.29) is 25.3 Å². The second-order valence-corrected chi connectivity index (χ2v) is 4.39. The van der Waals surface area contributed by atoms with Gasteiger partial charge in [-0.2, -0.15) is 0 Å². The summed E-state index contributed by atoms with van der Waals surface area (Å²) in [6.07, 6.45) is 0. The normalized spacial score (nSPS) is 19.3. The number of hydrogen-bond acceptors (Lipinski definition) is 3. The van der Waals surface area contributed by atoms with Crippen LogP contribution in [0.15, 0.2) is 18.2 Å². The van der Waals surface area contributed by atoms with Gasteiger partial charge >= 0.3 is 5.97 Å². The molecule has 19 heavy (non-hydrogen) atoms. The van der Waals surface area contributed by atoms with Crippen LogP contribution in [0.1, 0.15) is 15.9 Å². The molecule has 0 radical (unpaired) electrons. The molecule has 1 saturated heterocycles. The Labute approximate surface area is 109 Å². The highest BCUT2D eigenvalue weighted by atomic mass is 19.1. The number of hydrogen-bond donors (Lipinski definition) is 1. The maximum absolute atomic E-state index is 13.5. The van der Waals surface area contributed by atoms with Crippen molar-refractivity contribution in [3.05, 3.63) is 35.1 Å². The molecule has 0 aliphatic carbocycles. The van der Waals surface area contributed by atoms with Crippen molar-refractivity contribution >= 4 is 11.9 Å². The second-order valence-electron chi connectivity index (χ2n) is 4.39. The first kappa shape index (κ1) is 13.5. The van der Waals surface area contributed by atoms with Crippen LogP contribution in [-0.2, 0) is 9.53 Å². The van der Waals surface area contributed by atoms with E-state index in [2.05, 4.69) is 0 Å². The Hall–Kier alpha value is -1.95. The van der Waals surface area contributed by atoms with E-state index in [9.17, 15) is 14.0 Å². The first-order chi connectivity index (χ1) is 9.00. The second kappa shape index (κ2) is 5.36. The van der Waals surface area contributed by atoms with Crippen LogP contribution in [0.3, 0.4) is 0 Å². The van der Waals surface area contributed by atoms with Gasteiger partial charge in [0.05, 0.1) is 13.2 Å². The maximum atomic E-state index is 13.5. The summed E-state index contributed by atoms with van der Waals surface area (Å²) in [5, 5.41) is 9.06. The van der Waals surface area contributed by atoms with Crippen LogP contribution < -0.4 is 0 Å². The molecule has 1 N–H and O–H groups in total. The van der Waals surface area contributed by atoms with Crippen LogP contribution in [-0.4, -0.2) is 47.7 Å². The fourth-order valence-corrected chi connectivity index (χ4v) is 1.94. The molecule has 1 atom stereocenters. The monoisotopic (exact) mass is 267 g/mol. The third-order valence-electron chi connectivity index (χ3n) is 3.09. The molecule has 5 nitrogen and oxygen atoms in total. The Bertz CT molecular complexity index is 517. The summed E-state index contributed by atoms with van der Waals surface area (Å²) in [5.41, 5.74) is 0.588. The van der Waals surface area contributed by atoms with Gasteiger partial charge in [0.1, 0.15) is 5.82 Å². The number of benzene rings is 1. The zero-order valence-electron chi connectivity index (χ0n) is 10.4. The number of carbonyl (C=O) groups is 2. The number of ether oxygens (including phenoxy) is 1. The minimum atomic E-state index is -1.12. The highest BCUT2D eigenvalue weighted by Gasteiger charge is 2.33. The van der Waals surface area contributed by atoms with Gasteiger partial charge in [0.15, 0.2) is 6.04 Å². The van der Waals surface area contributed by atoms with Crippen molar-refractivity contribution in [3.8, 4) is 0 Å². The Morgan fingerprint density at radius 2 is 2.21 bits per heavy atom. The number of aryl methyl sites for hydroxylation is 1. The van der Waals surface area contributed by atoms with E-state index in [1.165, 1.54) is 17.0 Å². The Morgan fingerprint density at radius 1 is 1.47 bits per heavy atom. The average molecular weight is 267 g/mol. The average Bonchev–Trinajstić information content (AvgIpc) is 2.41. The molecule has 0 aromatic heterocycles. The molecule has 1 amide bonds. The lowest BCUT2D eigenvalue weighted by Gasteiger charge is -2.32. The Balaban J connectivity index is 2.26. The molecule has 1 unspecified atom stereocenters. The number of carboxylic acids is 1. The molecule has 0 spiro atoms. The van der Waals surface area contributed by atoms with E-state index >= 15 is 0 Å². The molecule has 1 aliphatic rings. The van der Waals surface area contributed by atoms with E-state index in [0.29, 0.717) is 5.56 Å². The number of carbonyl (C=O) groups excluding carboxylic acids is 1. The molecule has 102 valence electrons. The van der Waals surface area contributed by atoms with Crippen LogP contribution in [0.25, 0.3) is 0 Å². The van der Waals surface area contributed by atoms with Gasteiger partial charge in [-0.3, -0.25) is 4.79 Å². The predicted molar refractivity (Wildman–Crippen MR) is 64.4 cm³/mol. The van der Waals surface area contributed by atoms with Gasteiger partial charge in [-0.15, -0.1) is 0 Å². The minimum absolute atomic E-state index is 0.0462. The van der Waals surface area contributed by atoms with E-state index in [0.717, 1.165) is 6.07 Å². The van der Waals surface area contributed by atoms with Crippen molar-refractivity contribution in [2.75, 3.05) is 19.8 Å². The Kier molecular flexibility index (Phi) is 3.80. The number of aliphatic carboxylic acids is 1. The van der Waals surface area contributed by atoms with E-state index in [1.54, 1.807) is 6.92 Å². The summed E-state index contributed by atoms with van der Waals surface area (Å²) in [6, 6.07) is 3.10. The zero-order chi connectivity index (χ0) is 14.0. The van der Waals surface area contributed by atoms with Gasteiger partial charge in [0.2, 0.25) is 0 Å².